The van der Waals surface area contributed by atoms with E-state index >= 15 is 0 Å². The van der Waals surface area contributed by atoms with Crippen molar-refractivity contribution >= 4 is 11.5 Å². The Morgan fingerprint density at radius 2 is 2.03 bits per heavy atom. The van der Waals surface area contributed by atoms with Crippen LogP contribution in [0.3, 0.4) is 0 Å². The zero-order valence-electron chi connectivity index (χ0n) is 17.3. The molecule has 5 nitrogen and oxygen atoms in total. The summed E-state index contributed by atoms with van der Waals surface area (Å²) in [5, 5.41) is 6.55. The molecule has 5 heteroatoms. The Kier molecular flexibility index (Phi) is 5.98. The highest BCUT2D eigenvalue weighted by Crippen LogP contribution is 2.33. The lowest BCUT2D eigenvalue weighted by Crippen LogP contribution is -2.25. The monoisotopic (exact) mass is 401 g/mol. The van der Waals surface area contributed by atoms with Gasteiger partial charge in [-0.05, 0) is 55.2 Å². The number of hydrogen-bond acceptors (Lipinski definition) is 4. The van der Waals surface area contributed by atoms with Crippen molar-refractivity contribution in [2.24, 2.45) is 0 Å². The van der Waals surface area contributed by atoms with E-state index < -0.39 is 0 Å². The summed E-state index contributed by atoms with van der Waals surface area (Å²) in [5.41, 5.74) is 6.03. The average molecular weight is 402 g/mol. The van der Waals surface area contributed by atoms with Gasteiger partial charge in [0.1, 0.15) is 5.76 Å². The molecule has 1 aliphatic carbocycles. The largest absolute Gasteiger partial charge is 0.492 e. The van der Waals surface area contributed by atoms with Gasteiger partial charge < -0.3 is 15.4 Å². The van der Waals surface area contributed by atoms with Crippen molar-refractivity contribution in [3.63, 3.8) is 0 Å². The fourth-order valence-corrected chi connectivity index (χ4v) is 3.59. The van der Waals surface area contributed by atoms with E-state index in [2.05, 4.69) is 29.1 Å². The third kappa shape index (κ3) is 4.62. The van der Waals surface area contributed by atoms with Gasteiger partial charge in [0.15, 0.2) is 0 Å². The molecule has 2 aromatic rings. The second-order valence-corrected chi connectivity index (χ2v) is 7.69. The van der Waals surface area contributed by atoms with Crippen molar-refractivity contribution in [1.29, 1.82) is 0 Å². The quantitative estimate of drug-likeness (QED) is 0.724. The van der Waals surface area contributed by atoms with Gasteiger partial charge in [0, 0.05) is 53.8 Å². The van der Waals surface area contributed by atoms with E-state index in [1.807, 2.05) is 42.5 Å². The molecule has 2 N–H and O–H groups in total. The van der Waals surface area contributed by atoms with Crippen molar-refractivity contribution in [2.75, 3.05) is 6.61 Å². The maximum Gasteiger partial charge on any atom is 0.251 e. The molecule has 1 saturated heterocycles. The summed E-state index contributed by atoms with van der Waals surface area (Å²) in [4.78, 5) is 16.4. The number of benzene rings is 1. The van der Waals surface area contributed by atoms with Crippen molar-refractivity contribution in [1.82, 2.24) is 15.6 Å². The highest BCUT2D eigenvalue weighted by Gasteiger charge is 2.24. The Balaban J connectivity index is 1.51. The third-order valence-corrected chi connectivity index (χ3v) is 5.42. The maximum absolute atomic E-state index is 12.3. The van der Waals surface area contributed by atoms with Gasteiger partial charge >= 0.3 is 0 Å². The number of ether oxygens (including phenoxy) is 1. The highest BCUT2D eigenvalue weighted by molar-refractivity contribution is 5.94. The van der Waals surface area contributed by atoms with Crippen LogP contribution in [-0.4, -0.2) is 23.5 Å². The number of pyridine rings is 1. The third-order valence-electron chi connectivity index (χ3n) is 5.42. The predicted molar refractivity (Wildman–Crippen MR) is 118 cm³/mol. The molecular formula is C25H27N3O2. The Hall–Kier alpha value is -3.34. The molecular weight excluding hydrogens is 374 g/mol. The van der Waals surface area contributed by atoms with Gasteiger partial charge in [-0.2, -0.15) is 0 Å². The molecule has 0 unspecified atom stereocenters. The summed E-state index contributed by atoms with van der Waals surface area (Å²) in [5.74, 6) is 0.885. The van der Waals surface area contributed by atoms with Gasteiger partial charge in [-0.25, -0.2) is 0 Å². The van der Waals surface area contributed by atoms with Gasteiger partial charge in [0.05, 0.1) is 6.61 Å². The molecule has 1 amide bonds. The fourth-order valence-electron chi connectivity index (χ4n) is 3.59. The van der Waals surface area contributed by atoms with Crippen molar-refractivity contribution < 1.29 is 9.53 Å². The van der Waals surface area contributed by atoms with Crippen LogP contribution in [0.4, 0.5) is 0 Å². The Labute approximate surface area is 177 Å². The molecule has 0 radical (unpaired) electrons. The molecule has 154 valence electrons. The first-order valence-corrected chi connectivity index (χ1v) is 10.4. The molecule has 1 aromatic heterocycles. The number of carbonyl (C=O) groups is 1. The van der Waals surface area contributed by atoms with Gasteiger partial charge in [-0.1, -0.05) is 24.8 Å². The summed E-state index contributed by atoms with van der Waals surface area (Å²) in [6, 6.07) is 12.1. The van der Waals surface area contributed by atoms with Gasteiger partial charge in [-0.15, -0.1) is 0 Å². The first-order valence-electron chi connectivity index (χ1n) is 10.4. The number of rotatable bonds is 7. The molecule has 2 fully saturated rings. The van der Waals surface area contributed by atoms with Gasteiger partial charge in [0.2, 0.25) is 0 Å². The van der Waals surface area contributed by atoms with Crippen LogP contribution in [-0.2, 0) is 11.3 Å². The normalized spacial score (nSPS) is 19.0. The molecule has 4 rings (SSSR count). The summed E-state index contributed by atoms with van der Waals surface area (Å²) in [6.45, 7) is 7.35. The maximum atomic E-state index is 12.3. The second-order valence-electron chi connectivity index (χ2n) is 7.69. The summed E-state index contributed by atoms with van der Waals surface area (Å²) in [6.07, 6.45) is 8.41. The summed E-state index contributed by atoms with van der Waals surface area (Å²) in [7, 11) is 0. The Morgan fingerprint density at radius 1 is 1.23 bits per heavy atom. The first-order chi connectivity index (χ1) is 14.7. The van der Waals surface area contributed by atoms with Crippen LogP contribution in [0.15, 0.2) is 78.5 Å². The van der Waals surface area contributed by atoms with E-state index in [0.29, 0.717) is 24.8 Å². The topological polar surface area (TPSA) is 63.2 Å². The molecule has 1 aliphatic heterocycles. The minimum absolute atomic E-state index is 0.0109. The van der Waals surface area contributed by atoms with E-state index in [0.717, 1.165) is 53.0 Å². The average Bonchev–Trinajstić information content (AvgIpc) is 3.46. The number of aromatic nitrogens is 1. The molecule has 0 bridgehead atoms. The smallest absolute Gasteiger partial charge is 0.251 e. The van der Waals surface area contributed by atoms with Crippen LogP contribution >= 0.6 is 0 Å². The Morgan fingerprint density at radius 3 is 2.77 bits per heavy atom. The second kappa shape index (κ2) is 8.99. The minimum atomic E-state index is 0.0109. The molecule has 2 aliphatic rings. The molecule has 1 aromatic carbocycles. The summed E-state index contributed by atoms with van der Waals surface area (Å²) >= 11 is 0. The lowest BCUT2D eigenvalue weighted by atomic mass is 10.0. The zero-order valence-corrected chi connectivity index (χ0v) is 17.3. The molecule has 1 saturated carbocycles. The standard InChI is InChI=1S/C25H27N3O2/c1-3-22(19-9-12-26-13-10-19)24-23(11-14-30-24)17(2)27-16-18-5-4-6-20(15-18)25(29)28-21-7-8-21/h3-6,9-10,12-13,15,21,27H,1,7-8,11,14,16H2,2H3,(H,28,29)/b23-17+,24-22-. The molecule has 0 spiro atoms. The molecule has 2 heterocycles. The van der Waals surface area contributed by atoms with Crippen LogP contribution in [0.5, 0.6) is 0 Å². The highest BCUT2D eigenvalue weighted by atomic mass is 16.5. The van der Waals surface area contributed by atoms with E-state index in [9.17, 15) is 4.79 Å². The van der Waals surface area contributed by atoms with Crippen molar-refractivity contribution in [3.05, 3.63) is 95.2 Å². The van der Waals surface area contributed by atoms with E-state index in [1.165, 1.54) is 0 Å². The number of carbonyl (C=O) groups excluding carboxylic acids is 1. The Bertz CT molecular complexity index is 1000. The van der Waals surface area contributed by atoms with Crippen LogP contribution in [0.2, 0.25) is 0 Å². The number of hydrogen-bond donors (Lipinski definition) is 2. The van der Waals surface area contributed by atoms with Crippen molar-refractivity contribution in [2.45, 2.75) is 38.8 Å². The predicted octanol–water partition coefficient (Wildman–Crippen LogP) is 4.36. The van der Waals surface area contributed by atoms with Crippen molar-refractivity contribution in [3.8, 4) is 0 Å². The number of nitrogens with one attached hydrogen (secondary N) is 2. The molecule has 30 heavy (non-hydrogen) atoms. The minimum Gasteiger partial charge on any atom is -0.492 e. The lowest BCUT2D eigenvalue weighted by molar-refractivity contribution is 0.0951. The van der Waals surface area contributed by atoms with E-state index in [4.69, 9.17) is 4.74 Å². The SMILES string of the molecule is C=C/C(=C1/OCC/C1=C(/C)NCc1cccc(C(=O)NC2CC2)c1)c1ccncc1. The number of amides is 1. The van der Waals surface area contributed by atoms with Crippen LogP contribution in [0, 0.1) is 0 Å². The fraction of sp³-hybridized carbons (Fsp3) is 0.280. The summed E-state index contributed by atoms with van der Waals surface area (Å²) < 4.78 is 5.98. The first kappa shape index (κ1) is 20.0. The van der Waals surface area contributed by atoms with Crippen LogP contribution < -0.4 is 10.6 Å². The number of nitrogens with zero attached hydrogens (tertiary/aromatic N) is 1. The van der Waals surface area contributed by atoms with Gasteiger partial charge in [0.25, 0.3) is 5.91 Å². The van der Waals surface area contributed by atoms with E-state index in [1.54, 1.807) is 12.4 Å². The van der Waals surface area contributed by atoms with Crippen LogP contribution in [0.1, 0.15) is 47.7 Å². The lowest BCUT2D eigenvalue weighted by Gasteiger charge is -2.14. The van der Waals surface area contributed by atoms with Gasteiger partial charge in [-0.3, -0.25) is 9.78 Å². The zero-order chi connectivity index (χ0) is 20.9. The van der Waals surface area contributed by atoms with E-state index in [-0.39, 0.29) is 5.91 Å². The van der Waals surface area contributed by atoms with Crippen LogP contribution in [0.25, 0.3) is 5.57 Å². The number of allylic oxidation sites excluding steroid dienone is 4. The molecule has 0 atom stereocenters.